The Labute approximate surface area is 186 Å². The number of rotatable bonds is 3. The van der Waals surface area contributed by atoms with Crippen molar-refractivity contribution < 1.29 is 19.4 Å². The Morgan fingerprint density at radius 3 is 2.78 bits per heavy atom. The molecule has 0 aliphatic carbocycles. The second kappa shape index (κ2) is 7.86. The van der Waals surface area contributed by atoms with Crippen LogP contribution in [-0.4, -0.2) is 69.5 Å². The second-order valence-corrected chi connectivity index (χ2v) is 8.55. The third kappa shape index (κ3) is 3.43. The molecule has 3 aromatic heterocycles. The molecule has 2 bridgehead atoms. The van der Waals surface area contributed by atoms with Crippen LogP contribution < -0.4 is 10.2 Å². The minimum Gasteiger partial charge on any atom is -0.394 e. The number of aliphatic hydroxyl groups is 2. The molecular formula is C20H25B2FN6O3. The highest BCUT2D eigenvalue weighted by Crippen LogP contribution is 2.38. The molecule has 0 saturated heterocycles. The van der Waals surface area contributed by atoms with Crippen LogP contribution >= 0.6 is 0 Å². The largest absolute Gasteiger partial charge is 0.394 e. The summed E-state index contributed by atoms with van der Waals surface area (Å²) in [7, 11) is 2.82. The normalized spacial score (nSPS) is 25.8. The van der Waals surface area contributed by atoms with Crippen molar-refractivity contribution >= 4 is 38.8 Å². The molecule has 3 aromatic rings. The number of carbonyl (C=O) groups is 1. The fourth-order valence-electron chi connectivity index (χ4n) is 3.93. The van der Waals surface area contributed by atoms with Crippen LogP contribution in [0.4, 0.5) is 15.9 Å². The van der Waals surface area contributed by atoms with E-state index in [0.29, 0.717) is 23.7 Å². The van der Waals surface area contributed by atoms with Gasteiger partial charge in [-0.25, -0.2) is 13.9 Å². The van der Waals surface area contributed by atoms with E-state index in [9.17, 15) is 19.4 Å². The number of unbranched alkanes of at least 4 members (excludes halogenated alkanes) is 1. The Bertz CT molecular complexity index is 1190. The molecule has 9 nitrogen and oxygen atoms in total. The molecule has 12 heteroatoms. The number of nitrogens with one attached hydrogen (secondary N) is 1. The lowest BCUT2D eigenvalue weighted by Crippen LogP contribution is -2.64. The quantitative estimate of drug-likeness (QED) is 0.470. The zero-order chi connectivity index (χ0) is 23.3. The Morgan fingerprint density at radius 1 is 1.31 bits per heavy atom. The van der Waals surface area contributed by atoms with Gasteiger partial charge in [0.1, 0.15) is 25.0 Å². The minimum atomic E-state index is -1.95. The molecule has 3 N–H and O–H groups in total. The summed E-state index contributed by atoms with van der Waals surface area (Å²) in [6.45, 7) is 4.07. The molecular weight excluding hydrogens is 413 g/mol. The molecule has 0 saturated carbocycles. The zero-order valence-electron chi connectivity index (χ0n) is 18.5. The van der Waals surface area contributed by atoms with Gasteiger partial charge in [-0.2, -0.15) is 5.10 Å². The van der Waals surface area contributed by atoms with Crippen molar-refractivity contribution in [3.05, 3.63) is 47.8 Å². The molecule has 0 spiro atoms. The molecule has 1 amide bonds. The van der Waals surface area contributed by atoms with Crippen LogP contribution in [0.25, 0.3) is 5.65 Å². The van der Waals surface area contributed by atoms with Crippen molar-refractivity contribution in [3.8, 4) is 0 Å². The summed E-state index contributed by atoms with van der Waals surface area (Å²) in [5.74, 6) is -0.625. The van der Waals surface area contributed by atoms with E-state index in [0.717, 1.165) is 19.0 Å². The number of nitrogens with zero attached hydrogens (tertiary/aromatic N) is 5. The Kier molecular flexibility index (Phi) is 5.46. The number of hydrogen-bond acceptors (Lipinski definition) is 7. The fraction of sp³-hybridized carbons (Fsp3) is 0.400. The first-order valence-corrected chi connectivity index (χ1v) is 10.6. The minimum absolute atomic E-state index is 0.0806. The zero-order valence-corrected chi connectivity index (χ0v) is 18.5. The van der Waals surface area contributed by atoms with E-state index < -0.39 is 28.8 Å². The van der Waals surface area contributed by atoms with Crippen LogP contribution in [-0.2, 0) is 5.50 Å². The summed E-state index contributed by atoms with van der Waals surface area (Å²) in [4.78, 5) is 23.6. The van der Waals surface area contributed by atoms with Crippen molar-refractivity contribution in [1.82, 2.24) is 24.9 Å². The van der Waals surface area contributed by atoms with E-state index in [4.69, 9.17) is 0 Å². The number of carbonyl (C=O) groups excluding carboxylic acids is 1. The molecule has 1 aliphatic heterocycles. The van der Waals surface area contributed by atoms with Crippen LogP contribution in [0.5, 0.6) is 0 Å². The summed E-state index contributed by atoms with van der Waals surface area (Å²) >= 11 is 0. The van der Waals surface area contributed by atoms with Gasteiger partial charge in [0.2, 0.25) is 0 Å². The molecule has 166 valence electrons. The molecule has 0 fully saturated rings. The molecule has 4 rings (SSSR count). The average molecular weight is 438 g/mol. The van der Waals surface area contributed by atoms with Crippen molar-refractivity contribution in [2.45, 2.75) is 43.7 Å². The van der Waals surface area contributed by atoms with Crippen molar-refractivity contribution in [3.63, 3.8) is 0 Å². The van der Waals surface area contributed by atoms with Gasteiger partial charge in [0.15, 0.2) is 13.5 Å². The highest BCUT2D eigenvalue weighted by molar-refractivity contribution is 6.26. The van der Waals surface area contributed by atoms with E-state index in [1.54, 1.807) is 24.1 Å². The van der Waals surface area contributed by atoms with Gasteiger partial charge in [0.25, 0.3) is 5.91 Å². The number of fused-ring (bicyclic) bond motifs is 2. The van der Waals surface area contributed by atoms with Crippen LogP contribution in [0.15, 0.2) is 30.7 Å². The fourth-order valence-corrected chi connectivity index (χ4v) is 3.93. The van der Waals surface area contributed by atoms with Gasteiger partial charge in [0.05, 0.1) is 34.8 Å². The first-order valence-electron chi connectivity index (χ1n) is 10.6. The number of amides is 1. The second-order valence-electron chi connectivity index (χ2n) is 8.55. The Morgan fingerprint density at radius 2 is 2.06 bits per heavy atom. The maximum absolute atomic E-state index is 14.4. The highest BCUT2D eigenvalue weighted by Gasteiger charge is 2.50. The molecule has 0 aromatic carbocycles. The average Bonchev–Trinajstić information content (AvgIpc) is 3.16. The van der Waals surface area contributed by atoms with Crippen LogP contribution in [0.2, 0.25) is 0 Å². The SMILES string of the molecule is BC1(O)c2ncc(F)cc2N(CCCC)c2ccn3ncc(c3n2)C(=O)NC(C)C1(B)O. The summed E-state index contributed by atoms with van der Waals surface area (Å²) in [6.07, 6.45) is 5.69. The predicted molar refractivity (Wildman–Crippen MR) is 122 cm³/mol. The number of aromatic nitrogens is 4. The van der Waals surface area contributed by atoms with Gasteiger partial charge in [-0.05, 0) is 19.4 Å². The third-order valence-corrected chi connectivity index (χ3v) is 6.37. The van der Waals surface area contributed by atoms with E-state index >= 15 is 0 Å². The molecule has 0 radical (unpaired) electrons. The summed E-state index contributed by atoms with van der Waals surface area (Å²) < 4.78 is 15.9. The number of halogens is 1. The smallest absolute Gasteiger partial charge is 0.257 e. The van der Waals surface area contributed by atoms with Gasteiger partial charge in [-0.15, -0.1) is 0 Å². The standard InChI is InChI=1S/C20H25B2FN6O3/c1-3-4-6-28-14-8-12(23)9-24-16(14)20(22,32)19(21,31)11(2)26-18(30)13-10-25-29-7-5-15(28)27-17(13)29/h5,7-11,31-32H,3-4,6,21-22H2,1-2H3,(H,26,30). The maximum Gasteiger partial charge on any atom is 0.257 e. The van der Waals surface area contributed by atoms with Gasteiger partial charge in [-0.1, -0.05) is 13.3 Å². The monoisotopic (exact) mass is 438 g/mol. The van der Waals surface area contributed by atoms with Crippen LogP contribution in [0.3, 0.4) is 0 Å². The lowest BCUT2D eigenvalue weighted by molar-refractivity contribution is -0.0673. The lowest BCUT2D eigenvalue weighted by Gasteiger charge is -2.44. The van der Waals surface area contributed by atoms with E-state index in [1.165, 1.54) is 32.5 Å². The van der Waals surface area contributed by atoms with E-state index in [-0.39, 0.29) is 11.3 Å². The van der Waals surface area contributed by atoms with Crippen LogP contribution in [0.1, 0.15) is 42.7 Å². The summed E-state index contributed by atoms with van der Waals surface area (Å²) in [5.41, 5.74) is -2.88. The maximum atomic E-state index is 14.4. The first kappa shape index (κ1) is 22.2. The number of anilines is 2. The number of pyridine rings is 1. The molecule has 3 atom stereocenters. The van der Waals surface area contributed by atoms with Gasteiger partial charge in [-0.3, -0.25) is 9.78 Å². The van der Waals surface area contributed by atoms with Crippen LogP contribution in [0, 0.1) is 5.82 Å². The molecule has 1 aliphatic rings. The van der Waals surface area contributed by atoms with Crippen molar-refractivity contribution in [2.75, 3.05) is 11.4 Å². The Balaban J connectivity index is 2.05. The first-order chi connectivity index (χ1) is 15.1. The summed E-state index contributed by atoms with van der Waals surface area (Å²) in [5, 5.41) is 29.9. The van der Waals surface area contributed by atoms with E-state index in [1.807, 2.05) is 6.92 Å². The molecule has 3 unspecified atom stereocenters. The third-order valence-electron chi connectivity index (χ3n) is 6.37. The van der Waals surface area contributed by atoms with Gasteiger partial charge >= 0.3 is 0 Å². The van der Waals surface area contributed by atoms with Gasteiger partial charge < -0.3 is 20.4 Å². The summed E-state index contributed by atoms with van der Waals surface area (Å²) in [6, 6.07) is 2.08. The topological polar surface area (TPSA) is 116 Å². The van der Waals surface area contributed by atoms with Crippen molar-refractivity contribution in [2.24, 2.45) is 0 Å². The van der Waals surface area contributed by atoms with Crippen molar-refractivity contribution in [1.29, 1.82) is 0 Å². The predicted octanol–water partition coefficient (Wildman–Crippen LogP) is -0.567. The van der Waals surface area contributed by atoms with E-state index in [2.05, 4.69) is 20.4 Å². The van der Waals surface area contributed by atoms with Gasteiger partial charge in [0, 0.05) is 24.8 Å². The molecule has 32 heavy (non-hydrogen) atoms. The number of hydrogen-bond donors (Lipinski definition) is 3. The Hall–Kier alpha value is -2.98. The highest BCUT2D eigenvalue weighted by atomic mass is 19.1. The lowest BCUT2D eigenvalue weighted by atomic mass is 9.54. The molecule has 4 heterocycles.